The van der Waals surface area contributed by atoms with E-state index in [1.165, 1.54) is 0 Å². The topological polar surface area (TPSA) is 61.3 Å². The van der Waals surface area contributed by atoms with Crippen molar-refractivity contribution in [2.24, 2.45) is 0 Å². The Morgan fingerprint density at radius 1 is 1.47 bits per heavy atom. The second-order valence-corrected chi connectivity index (χ2v) is 4.40. The highest BCUT2D eigenvalue weighted by atomic mass is 35.5. The lowest BCUT2D eigenvalue weighted by Crippen LogP contribution is -1.97. The van der Waals surface area contributed by atoms with Gasteiger partial charge in [-0.25, -0.2) is 0 Å². The van der Waals surface area contributed by atoms with E-state index in [1.807, 2.05) is 12.2 Å². The summed E-state index contributed by atoms with van der Waals surface area (Å²) in [7, 11) is 0. The van der Waals surface area contributed by atoms with Crippen LogP contribution in [0, 0.1) is 0 Å². The van der Waals surface area contributed by atoms with Crippen LogP contribution < -0.4 is 10.5 Å². The van der Waals surface area contributed by atoms with E-state index in [9.17, 15) is 0 Å². The third kappa shape index (κ3) is 3.51. The number of nitrogens with zero attached hydrogens (tertiary/aromatic N) is 1. The molecule has 0 spiro atoms. The van der Waals surface area contributed by atoms with Crippen LogP contribution in [-0.2, 0) is 6.61 Å². The Morgan fingerprint density at radius 2 is 2.32 bits per heavy atom. The van der Waals surface area contributed by atoms with Crippen molar-refractivity contribution in [2.75, 3.05) is 5.73 Å². The Labute approximate surface area is 116 Å². The Balaban J connectivity index is 2.13. The van der Waals surface area contributed by atoms with E-state index in [0.29, 0.717) is 22.2 Å². The molecule has 0 unspecified atom stereocenters. The predicted molar refractivity (Wildman–Crippen MR) is 76.0 cm³/mol. The molecule has 2 aromatic rings. The molecule has 0 saturated heterocycles. The van der Waals surface area contributed by atoms with Crippen LogP contribution in [0.25, 0.3) is 6.08 Å². The minimum Gasteiger partial charge on any atom is -0.484 e. The van der Waals surface area contributed by atoms with Crippen molar-refractivity contribution in [3.05, 3.63) is 46.8 Å². The standard InChI is InChI=1S/C14H15ClN2O2/c1-2-3-4-10-7-12(15)14(8-13(10)16)18-9-11-5-6-17-19-11/h3-8H,2,9,16H2,1H3/b4-3+. The molecule has 2 N–H and O–H groups in total. The van der Waals surface area contributed by atoms with Crippen molar-refractivity contribution in [3.63, 3.8) is 0 Å². The second kappa shape index (κ2) is 6.29. The monoisotopic (exact) mass is 278 g/mol. The van der Waals surface area contributed by atoms with Crippen LogP contribution in [0.3, 0.4) is 0 Å². The van der Waals surface area contributed by atoms with Crippen molar-refractivity contribution >= 4 is 23.4 Å². The second-order valence-electron chi connectivity index (χ2n) is 3.99. The fraction of sp³-hybridized carbons (Fsp3) is 0.214. The van der Waals surface area contributed by atoms with Gasteiger partial charge in [0.2, 0.25) is 0 Å². The molecule has 1 heterocycles. The molecule has 1 aromatic carbocycles. The summed E-state index contributed by atoms with van der Waals surface area (Å²) in [6, 6.07) is 5.24. The minimum atomic E-state index is 0.267. The molecule has 1 aromatic heterocycles. The number of aromatic nitrogens is 1. The summed E-state index contributed by atoms with van der Waals surface area (Å²) in [5.41, 5.74) is 7.47. The number of benzene rings is 1. The van der Waals surface area contributed by atoms with Gasteiger partial charge < -0.3 is 15.0 Å². The highest BCUT2D eigenvalue weighted by Crippen LogP contribution is 2.31. The van der Waals surface area contributed by atoms with Crippen molar-refractivity contribution in [1.29, 1.82) is 0 Å². The number of allylic oxidation sites excluding steroid dienone is 1. The molecule has 0 atom stereocenters. The van der Waals surface area contributed by atoms with E-state index in [4.69, 9.17) is 26.6 Å². The first-order valence-electron chi connectivity index (χ1n) is 5.98. The van der Waals surface area contributed by atoms with Gasteiger partial charge in [-0.05, 0) is 18.1 Å². The number of nitrogen functional groups attached to an aromatic ring is 1. The molecule has 0 aliphatic rings. The lowest BCUT2D eigenvalue weighted by atomic mass is 10.1. The molecule has 0 radical (unpaired) electrons. The molecule has 5 heteroatoms. The van der Waals surface area contributed by atoms with Gasteiger partial charge in [-0.3, -0.25) is 0 Å². The molecule has 0 saturated carbocycles. The highest BCUT2D eigenvalue weighted by Gasteiger charge is 2.07. The quantitative estimate of drug-likeness (QED) is 0.842. The average molecular weight is 279 g/mol. The zero-order chi connectivity index (χ0) is 13.7. The summed E-state index contributed by atoms with van der Waals surface area (Å²) in [4.78, 5) is 0. The number of nitrogens with two attached hydrogens (primary N) is 1. The van der Waals surface area contributed by atoms with Crippen LogP contribution in [0.2, 0.25) is 5.02 Å². The van der Waals surface area contributed by atoms with Crippen LogP contribution in [0.5, 0.6) is 5.75 Å². The molecule has 0 aliphatic carbocycles. The van der Waals surface area contributed by atoms with Gasteiger partial charge in [0.05, 0.1) is 11.2 Å². The van der Waals surface area contributed by atoms with Gasteiger partial charge in [0.25, 0.3) is 0 Å². The summed E-state index contributed by atoms with van der Waals surface area (Å²) < 4.78 is 10.5. The lowest BCUT2D eigenvalue weighted by Gasteiger charge is -2.09. The van der Waals surface area contributed by atoms with Crippen molar-refractivity contribution < 1.29 is 9.26 Å². The SMILES string of the molecule is CC/C=C/c1cc(Cl)c(OCc2ccno2)cc1N. The third-order valence-electron chi connectivity index (χ3n) is 2.53. The highest BCUT2D eigenvalue weighted by molar-refractivity contribution is 6.32. The van der Waals surface area contributed by atoms with Gasteiger partial charge in [0.1, 0.15) is 12.4 Å². The fourth-order valence-corrected chi connectivity index (χ4v) is 1.78. The average Bonchev–Trinajstić information content (AvgIpc) is 2.91. The van der Waals surface area contributed by atoms with E-state index >= 15 is 0 Å². The molecular formula is C14H15ClN2O2. The largest absolute Gasteiger partial charge is 0.484 e. The third-order valence-corrected chi connectivity index (χ3v) is 2.83. The summed E-state index contributed by atoms with van der Waals surface area (Å²) >= 11 is 6.16. The number of hydrogen-bond acceptors (Lipinski definition) is 4. The van der Waals surface area contributed by atoms with E-state index < -0.39 is 0 Å². The smallest absolute Gasteiger partial charge is 0.174 e. The first-order valence-corrected chi connectivity index (χ1v) is 6.36. The fourth-order valence-electron chi connectivity index (χ4n) is 1.55. The van der Waals surface area contributed by atoms with Gasteiger partial charge in [-0.2, -0.15) is 0 Å². The maximum Gasteiger partial charge on any atom is 0.174 e. The van der Waals surface area contributed by atoms with Crippen molar-refractivity contribution in [2.45, 2.75) is 20.0 Å². The maximum atomic E-state index is 6.16. The lowest BCUT2D eigenvalue weighted by molar-refractivity contribution is 0.249. The summed E-state index contributed by atoms with van der Waals surface area (Å²) in [5, 5.41) is 4.12. The molecule has 0 aliphatic heterocycles. The number of hydrogen-bond donors (Lipinski definition) is 1. The molecule has 100 valence electrons. The number of rotatable bonds is 5. The van der Waals surface area contributed by atoms with E-state index in [1.54, 1.807) is 24.4 Å². The number of ether oxygens (including phenoxy) is 1. The minimum absolute atomic E-state index is 0.267. The summed E-state index contributed by atoms with van der Waals surface area (Å²) in [6.45, 7) is 2.33. The first kappa shape index (κ1) is 13.5. The summed E-state index contributed by atoms with van der Waals surface area (Å²) in [5.74, 6) is 1.16. The van der Waals surface area contributed by atoms with Crippen LogP contribution in [0.15, 0.2) is 35.0 Å². The zero-order valence-corrected chi connectivity index (χ0v) is 11.4. The molecule has 0 amide bonds. The van der Waals surface area contributed by atoms with Gasteiger partial charge >= 0.3 is 0 Å². The van der Waals surface area contributed by atoms with E-state index in [-0.39, 0.29) is 6.61 Å². The van der Waals surface area contributed by atoms with Crippen LogP contribution in [0.1, 0.15) is 24.7 Å². The molecule has 2 rings (SSSR count). The Hall–Kier alpha value is -1.94. The van der Waals surface area contributed by atoms with Gasteiger partial charge in [-0.15, -0.1) is 0 Å². The molecule has 19 heavy (non-hydrogen) atoms. The van der Waals surface area contributed by atoms with E-state index in [0.717, 1.165) is 12.0 Å². The molecule has 0 fully saturated rings. The first-order chi connectivity index (χ1) is 9.20. The van der Waals surface area contributed by atoms with Gasteiger partial charge in [0.15, 0.2) is 5.76 Å². The zero-order valence-electron chi connectivity index (χ0n) is 10.6. The number of anilines is 1. The van der Waals surface area contributed by atoms with Gasteiger partial charge in [-0.1, -0.05) is 35.8 Å². The van der Waals surface area contributed by atoms with E-state index in [2.05, 4.69) is 12.1 Å². The molecular weight excluding hydrogens is 264 g/mol. The van der Waals surface area contributed by atoms with Crippen LogP contribution in [0.4, 0.5) is 5.69 Å². The Morgan fingerprint density at radius 3 is 3.00 bits per heavy atom. The van der Waals surface area contributed by atoms with Gasteiger partial charge in [0, 0.05) is 17.8 Å². The number of halogens is 1. The molecule has 4 nitrogen and oxygen atoms in total. The van der Waals surface area contributed by atoms with Crippen molar-refractivity contribution in [3.8, 4) is 5.75 Å². The predicted octanol–water partition coefficient (Wildman–Crippen LogP) is 3.91. The maximum absolute atomic E-state index is 6.16. The van der Waals surface area contributed by atoms with Crippen LogP contribution >= 0.6 is 11.6 Å². The summed E-state index contributed by atoms with van der Waals surface area (Å²) in [6.07, 6.45) is 6.48. The molecule has 0 bridgehead atoms. The Kier molecular flexibility index (Phi) is 4.47. The van der Waals surface area contributed by atoms with Crippen LogP contribution in [-0.4, -0.2) is 5.16 Å². The normalized spacial score (nSPS) is 11.1. The van der Waals surface area contributed by atoms with Crippen molar-refractivity contribution in [1.82, 2.24) is 5.16 Å². The Bertz CT molecular complexity index is 565.